The molecule has 120 valence electrons. The van der Waals surface area contributed by atoms with Crippen LogP contribution in [0.1, 0.15) is 49.7 Å². The highest BCUT2D eigenvalue weighted by molar-refractivity contribution is 5.75. The summed E-state index contributed by atoms with van der Waals surface area (Å²) >= 11 is 0. The fraction of sp³-hybridized carbons (Fsp3) is 0.438. The first-order chi connectivity index (χ1) is 11.2. The molecule has 0 saturated heterocycles. The van der Waals surface area contributed by atoms with Crippen LogP contribution in [0, 0.1) is 11.6 Å². The molecule has 0 spiro atoms. The van der Waals surface area contributed by atoms with Crippen molar-refractivity contribution in [1.29, 1.82) is 0 Å². The number of hydrogen-bond donors (Lipinski definition) is 0. The first kappa shape index (κ1) is 14.3. The van der Waals surface area contributed by atoms with E-state index < -0.39 is 11.6 Å². The molecule has 0 N–H and O–H groups in total. The Morgan fingerprint density at radius 3 is 2.74 bits per heavy atom. The largest absolute Gasteiger partial charge is 0.339 e. The van der Waals surface area contributed by atoms with Gasteiger partial charge in [0, 0.05) is 18.1 Å². The van der Waals surface area contributed by atoms with Crippen molar-refractivity contribution < 1.29 is 13.3 Å². The van der Waals surface area contributed by atoms with E-state index in [1.54, 1.807) is 4.57 Å². The van der Waals surface area contributed by atoms with Crippen molar-refractivity contribution in [2.24, 2.45) is 0 Å². The first-order valence-electron chi connectivity index (χ1n) is 7.83. The minimum Gasteiger partial charge on any atom is -0.339 e. The average Bonchev–Trinajstić information content (AvgIpc) is 3.18. The smallest absolute Gasteiger partial charge is 0.229 e. The number of rotatable bonds is 3. The molecule has 2 heterocycles. The van der Waals surface area contributed by atoms with Crippen molar-refractivity contribution in [1.82, 2.24) is 19.7 Å². The normalized spacial score (nSPS) is 16.3. The van der Waals surface area contributed by atoms with Crippen LogP contribution in [0.15, 0.2) is 23.0 Å². The Balaban J connectivity index is 1.58. The summed E-state index contributed by atoms with van der Waals surface area (Å²) in [4.78, 5) is 8.54. The van der Waals surface area contributed by atoms with E-state index >= 15 is 0 Å². The molecule has 7 heteroatoms. The Morgan fingerprint density at radius 1 is 1.13 bits per heavy atom. The topological polar surface area (TPSA) is 56.7 Å². The Labute approximate surface area is 131 Å². The maximum Gasteiger partial charge on any atom is 0.229 e. The van der Waals surface area contributed by atoms with Crippen LogP contribution in [0.5, 0.6) is 0 Å². The van der Waals surface area contributed by atoms with Crippen LogP contribution in [0.2, 0.25) is 0 Å². The summed E-state index contributed by atoms with van der Waals surface area (Å²) in [6.45, 7) is 0.317. The van der Waals surface area contributed by atoms with Gasteiger partial charge in [0.1, 0.15) is 0 Å². The molecular weight excluding hydrogens is 302 g/mol. The van der Waals surface area contributed by atoms with E-state index in [4.69, 9.17) is 4.52 Å². The van der Waals surface area contributed by atoms with Gasteiger partial charge in [0.05, 0.1) is 23.9 Å². The van der Waals surface area contributed by atoms with Crippen LogP contribution >= 0.6 is 0 Å². The molecule has 2 aromatic heterocycles. The number of aromatic nitrogens is 4. The van der Waals surface area contributed by atoms with Crippen molar-refractivity contribution in [2.75, 3.05) is 0 Å². The van der Waals surface area contributed by atoms with Crippen LogP contribution in [-0.4, -0.2) is 19.7 Å². The SMILES string of the molecule is Fc1cc2ncn(Cc3noc(C4CCCCC4)n3)c2cc1F. The predicted octanol–water partition coefficient (Wildman–Crippen LogP) is 3.79. The van der Waals surface area contributed by atoms with Crippen LogP contribution in [0.4, 0.5) is 8.78 Å². The second-order valence-electron chi connectivity index (χ2n) is 6.01. The van der Waals surface area contributed by atoms with Gasteiger partial charge in [0.25, 0.3) is 0 Å². The molecular formula is C16H16F2N4O. The van der Waals surface area contributed by atoms with Crippen molar-refractivity contribution in [3.63, 3.8) is 0 Å². The lowest BCUT2D eigenvalue weighted by molar-refractivity contribution is 0.312. The molecule has 5 nitrogen and oxygen atoms in total. The standard InChI is InChI=1S/C16H16F2N4O/c17-11-6-13-14(7-12(11)18)22(9-19-13)8-15-20-16(23-21-15)10-4-2-1-3-5-10/h6-7,9-10H,1-5,8H2. The van der Waals surface area contributed by atoms with Gasteiger partial charge < -0.3 is 9.09 Å². The number of imidazole rings is 1. The van der Waals surface area contributed by atoms with E-state index in [-0.39, 0.29) is 0 Å². The Kier molecular flexibility index (Phi) is 3.55. The highest BCUT2D eigenvalue weighted by Gasteiger charge is 2.21. The Bertz CT molecular complexity index is 836. The quantitative estimate of drug-likeness (QED) is 0.737. The molecule has 1 fully saturated rings. The van der Waals surface area contributed by atoms with E-state index in [0.717, 1.165) is 25.0 Å². The minimum absolute atomic E-state index is 0.317. The van der Waals surface area contributed by atoms with Crippen molar-refractivity contribution in [3.8, 4) is 0 Å². The van der Waals surface area contributed by atoms with Crippen molar-refractivity contribution in [2.45, 2.75) is 44.6 Å². The Morgan fingerprint density at radius 2 is 1.91 bits per heavy atom. The fourth-order valence-electron chi connectivity index (χ4n) is 3.18. The third-order valence-corrected chi connectivity index (χ3v) is 4.41. The van der Waals surface area contributed by atoms with Gasteiger partial charge >= 0.3 is 0 Å². The average molecular weight is 318 g/mol. The third kappa shape index (κ3) is 2.71. The van der Waals surface area contributed by atoms with Gasteiger partial charge in [-0.3, -0.25) is 0 Å². The summed E-state index contributed by atoms with van der Waals surface area (Å²) in [6, 6.07) is 2.23. The summed E-state index contributed by atoms with van der Waals surface area (Å²) in [7, 11) is 0. The van der Waals surface area contributed by atoms with Gasteiger partial charge in [-0.05, 0) is 12.8 Å². The molecule has 0 amide bonds. The molecule has 23 heavy (non-hydrogen) atoms. The van der Waals surface area contributed by atoms with E-state index in [1.165, 1.54) is 25.6 Å². The molecule has 3 aromatic rings. The van der Waals surface area contributed by atoms with E-state index in [9.17, 15) is 8.78 Å². The fourth-order valence-corrected chi connectivity index (χ4v) is 3.18. The number of hydrogen-bond acceptors (Lipinski definition) is 4. The molecule has 0 aliphatic heterocycles. The second-order valence-corrected chi connectivity index (χ2v) is 6.01. The zero-order chi connectivity index (χ0) is 15.8. The van der Waals surface area contributed by atoms with Crippen LogP contribution in [0.3, 0.4) is 0 Å². The molecule has 1 aliphatic rings. The summed E-state index contributed by atoms with van der Waals surface area (Å²) in [5, 5.41) is 4.01. The lowest BCUT2D eigenvalue weighted by atomic mass is 9.89. The zero-order valence-electron chi connectivity index (χ0n) is 12.5. The Hall–Kier alpha value is -2.31. The third-order valence-electron chi connectivity index (χ3n) is 4.41. The van der Waals surface area contributed by atoms with Gasteiger partial charge in [-0.1, -0.05) is 24.4 Å². The molecule has 0 atom stereocenters. The summed E-state index contributed by atoms with van der Waals surface area (Å²) in [5.41, 5.74) is 0.910. The maximum atomic E-state index is 13.4. The molecule has 4 rings (SSSR count). The van der Waals surface area contributed by atoms with Crippen LogP contribution in [0.25, 0.3) is 11.0 Å². The van der Waals surface area contributed by atoms with Gasteiger partial charge in [-0.2, -0.15) is 4.98 Å². The zero-order valence-corrected chi connectivity index (χ0v) is 12.5. The van der Waals surface area contributed by atoms with Gasteiger partial charge in [-0.15, -0.1) is 0 Å². The highest BCUT2D eigenvalue weighted by atomic mass is 19.2. The van der Waals surface area contributed by atoms with E-state index in [1.807, 2.05) is 0 Å². The van der Waals surface area contributed by atoms with Gasteiger partial charge in [0.2, 0.25) is 5.89 Å². The molecule has 0 bridgehead atoms. The van der Waals surface area contributed by atoms with E-state index in [2.05, 4.69) is 15.1 Å². The molecule has 0 radical (unpaired) electrons. The van der Waals surface area contributed by atoms with Gasteiger partial charge in [-0.25, -0.2) is 13.8 Å². The second kappa shape index (κ2) is 5.72. The van der Waals surface area contributed by atoms with Gasteiger partial charge in [0.15, 0.2) is 17.5 Å². The lowest BCUT2D eigenvalue weighted by Crippen LogP contribution is -2.05. The molecule has 0 unspecified atom stereocenters. The minimum atomic E-state index is -0.901. The number of fused-ring (bicyclic) bond motifs is 1. The number of nitrogens with zero attached hydrogens (tertiary/aromatic N) is 4. The lowest BCUT2D eigenvalue weighted by Gasteiger charge is -2.17. The molecule has 1 aromatic carbocycles. The van der Waals surface area contributed by atoms with Crippen molar-refractivity contribution in [3.05, 3.63) is 41.8 Å². The summed E-state index contributed by atoms with van der Waals surface area (Å²) in [5.74, 6) is -0.246. The molecule has 1 saturated carbocycles. The van der Waals surface area contributed by atoms with Crippen LogP contribution < -0.4 is 0 Å². The first-order valence-corrected chi connectivity index (χ1v) is 7.83. The monoisotopic (exact) mass is 318 g/mol. The summed E-state index contributed by atoms with van der Waals surface area (Å²) in [6.07, 6.45) is 7.35. The summed E-state index contributed by atoms with van der Waals surface area (Å²) < 4.78 is 33.7. The van der Waals surface area contributed by atoms with E-state index in [0.29, 0.717) is 35.2 Å². The van der Waals surface area contributed by atoms with Crippen LogP contribution in [-0.2, 0) is 6.54 Å². The van der Waals surface area contributed by atoms with Crippen molar-refractivity contribution >= 4 is 11.0 Å². The number of benzene rings is 1. The predicted molar refractivity (Wildman–Crippen MR) is 78.9 cm³/mol. The highest BCUT2D eigenvalue weighted by Crippen LogP contribution is 2.31. The maximum absolute atomic E-state index is 13.4. The molecule has 1 aliphatic carbocycles. The number of halogens is 2.